The Morgan fingerprint density at radius 3 is 2.51 bits per heavy atom. The largest absolute Gasteiger partial charge is 0.483 e. The Morgan fingerprint density at radius 2 is 1.81 bits per heavy atom. The van der Waals surface area contributed by atoms with Crippen LogP contribution in [0.25, 0.3) is 0 Å². The second-order valence-corrected chi connectivity index (χ2v) is 11.0. The number of hydrogen-bond donors (Lipinski definition) is 2. The lowest BCUT2D eigenvalue weighted by Gasteiger charge is -2.15. The number of aromatic nitrogens is 3. The van der Waals surface area contributed by atoms with Crippen LogP contribution in [0.4, 0.5) is 5.69 Å². The zero-order valence-electron chi connectivity index (χ0n) is 22.1. The average Bonchev–Trinajstić information content (AvgIpc) is 3.25. The molecule has 1 aromatic heterocycles. The van der Waals surface area contributed by atoms with Crippen molar-refractivity contribution in [2.75, 3.05) is 17.7 Å². The maximum absolute atomic E-state index is 12.6. The Balaban J connectivity index is 1.53. The summed E-state index contributed by atoms with van der Waals surface area (Å²) in [7, 11) is 0. The van der Waals surface area contributed by atoms with E-state index in [-0.39, 0.29) is 30.7 Å². The van der Waals surface area contributed by atoms with E-state index in [9.17, 15) is 9.59 Å². The van der Waals surface area contributed by atoms with E-state index in [2.05, 4.69) is 50.6 Å². The smallest absolute Gasteiger partial charge is 0.258 e. The first kappa shape index (κ1) is 28.7. The number of rotatable bonds is 11. The standard InChI is InChI=1S/C27H34BrN5O3S/c1-7-33-24(13-29-25(34)14-36-23-10-17(4)8-9-20(23)16(2)3)31-32-27(33)37-15-26(35)30-22-12-19(6)18(5)11-21(22)28/h8-12,16H,7,13-15H2,1-6H3,(H,29,34)(H,30,35). The van der Waals surface area contributed by atoms with Crippen LogP contribution in [0.5, 0.6) is 5.75 Å². The summed E-state index contributed by atoms with van der Waals surface area (Å²) in [5.41, 5.74) is 5.14. The first-order chi connectivity index (χ1) is 17.6. The lowest BCUT2D eigenvalue weighted by Crippen LogP contribution is -2.29. The fraction of sp³-hybridized carbons (Fsp3) is 0.407. The van der Waals surface area contributed by atoms with Gasteiger partial charge in [-0.2, -0.15) is 0 Å². The SMILES string of the molecule is CCn1c(CNC(=O)COc2cc(C)ccc2C(C)C)nnc1SCC(=O)Nc1cc(C)c(C)cc1Br. The van der Waals surface area contributed by atoms with Crippen molar-refractivity contribution >= 4 is 45.2 Å². The summed E-state index contributed by atoms with van der Waals surface area (Å²) in [6, 6.07) is 9.97. The minimum atomic E-state index is -0.241. The van der Waals surface area contributed by atoms with E-state index in [0.717, 1.165) is 38.2 Å². The van der Waals surface area contributed by atoms with Gasteiger partial charge < -0.3 is 19.9 Å². The van der Waals surface area contributed by atoms with Gasteiger partial charge in [-0.15, -0.1) is 10.2 Å². The molecule has 0 fully saturated rings. The number of nitrogens with one attached hydrogen (secondary N) is 2. The van der Waals surface area contributed by atoms with E-state index >= 15 is 0 Å². The normalized spacial score (nSPS) is 11.0. The molecule has 2 aromatic carbocycles. The Morgan fingerprint density at radius 1 is 1.08 bits per heavy atom. The Labute approximate surface area is 231 Å². The number of halogens is 1. The molecule has 0 aliphatic rings. The Kier molecular flexibility index (Phi) is 10.2. The van der Waals surface area contributed by atoms with E-state index in [1.807, 2.05) is 62.6 Å². The first-order valence-corrected chi connectivity index (χ1v) is 14.0. The molecule has 0 aliphatic carbocycles. The molecule has 0 atom stereocenters. The van der Waals surface area contributed by atoms with Crippen molar-refractivity contribution < 1.29 is 14.3 Å². The Hall–Kier alpha value is -2.85. The third-order valence-electron chi connectivity index (χ3n) is 5.89. The Bertz CT molecular complexity index is 1280. The van der Waals surface area contributed by atoms with Gasteiger partial charge in [-0.05, 0) is 90.0 Å². The number of carbonyl (C=O) groups is 2. The summed E-state index contributed by atoms with van der Waals surface area (Å²) >= 11 is 4.81. The maximum Gasteiger partial charge on any atom is 0.258 e. The molecule has 8 nitrogen and oxygen atoms in total. The number of amides is 2. The number of aryl methyl sites for hydroxylation is 3. The average molecular weight is 589 g/mol. The molecular weight excluding hydrogens is 554 g/mol. The fourth-order valence-corrected chi connectivity index (χ4v) is 5.06. The molecule has 2 amide bonds. The zero-order chi connectivity index (χ0) is 27.1. The van der Waals surface area contributed by atoms with Crippen LogP contribution in [0.3, 0.4) is 0 Å². The van der Waals surface area contributed by atoms with Crippen LogP contribution in [0.15, 0.2) is 40.0 Å². The number of thioether (sulfide) groups is 1. The van der Waals surface area contributed by atoms with Crippen molar-refractivity contribution in [2.24, 2.45) is 0 Å². The molecule has 3 aromatic rings. The maximum atomic E-state index is 12.6. The summed E-state index contributed by atoms with van der Waals surface area (Å²) in [5.74, 6) is 1.45. The molecule has 10 heteroatoms. The summed E-state index contributed by atoms with van der Waals surface area (Å²) in [5, 5.41) is 14.9. The van der Waals surface area contributed by atoms with Crippen molar-refractivity contribution in [2.45, 2.75) is 65.7 Å². The fourth-order valence-electron chi connectivity index (χ4n) is 3.68. The van der Waals surface area contributed by atoms with Gasteiger partial charge >= 0.3 is 0 Å². The summed E-state index contributed by atoms with van der Waals surface area (Å²) < 4.78 is 8.55. The van der Waals surface area contributed by atoms with Crippen molar-refractivity contribution in [3.63, 3.8) is 0 Å². The van der Waals surface area contributed by atoms with Gasteiger partial charge in [0.15, 0.2) is 17.6 Å². The molecule has 2 N–H and O–H groups in total. The first-order valence-electron chi connectivity index (χ1n) is 12.2. The molecular formula is C27H34BrN5O3S. The van der Waals surface area contributed by atoms with Gasteiger partial charge in [-0.25, -0.2) is 0 Å². The molecule has 0 spiro atoms. The highest BCUT2D eigenvalue weighted by Gasteiger charge is 2.16. The summed E-state index contributed by atoms with van der Waals surface area (Å²) in [6.45, 7) is 12.9. The van der Waals surface area contributed by atoms with E-state index in [1.54, 1.807) is 0 Å². The third-order valence-corrected chi connectivity index (χ3v) is 7.52. The highest BCUT2D eigenvalue weighted by molar-refractivity contribution is 9.10. The molecule has 0 radical (unpaired) electrons. The molecule has 0 unspecified atom stereocenters. The zero-order valence-corrected chi connectivity index (χ0v) is 24.5. The highest BCUT2D eigenvalue weighted by Crippen LogP contribution is 2.28. The topological polar surface area (TPSA) is 98.1 Å². The van der Waals surface area contributed by atoms with Crippen LogP contribution < -0.4 is 15.4 Å². The van der Waals surface area contributed by atoms with E-state index in [1.165, 1.54) is 11.8 Å². The van der Waals surface area contributed by atoms with Crippen LogP contribution in [-0.4, -0.2) is 38.9 Å². The highest BCUT2D eigenvalue weighted by atomic mass is 79.9. The number of nitrogens with zero attached hydrogens (tertiary/aromatic N) is 3. The second kappa shape index (κ2) is 13.1. The summed E-state index contributed by atoms with van der Waals surface area (Å²) in [4.78, 5) is 25.0. The molecule has 37 heavy (non-hydrogen) atoms. The predicted molar refractivity (Wildman–Crippen MR) is 151 cm³/mol. The molecule has 0 aliphatic heterocycles. The minimum absolute atomic E-state index is 0.0841. The monoisotopic (exact) mass is 587 g/mol. The van der Waals surface area contributed by atoms with Gasteiger partial charge in [0.1, 0.15) is 5.75 Å². The lowest BCUT2D eigenvalue weighted by molar-refractivity contribution is -0.123. The molecule has 0 saturated carbocycles. The summed E-state index contributed by atoms with van der Waals surface area (Å²) in [6.07, 6.45) is 0. The van der Waals surface area contributed by atoms with Crippen LogP contribution in [0.2, 0.25) is 0 Å². The number of benzene rings is 2. The van der Waals surface area contributed by atoms with Crippen molar-refractivity contribution in [1.82, 2.24) is 20.1 Å². The van der Waals surface area contributed by atoms with E-state index in [4.69, 9.17) is 4.74 Å². The van der Waals surface area contributed by atoms with Crippen molar-refractivity contribution in [1.29, 1.82) is 0 Å². The second-order valence-electron chi connectivity index (χ2n) is 9.16. The number of ether oxygens (including phenoxy) is 1. The molecule has 1 heterocycles. The van der Waals surface area contributed by atoms with Gasteiger partial charge in [-0.3, -0.25) is 9.59 Å². The minimum Gasteiger partial charge on any atom is -0.483 e. The molecule has 3 rings (SSSR count). The van der Waals surface area contributed by atoms with Gasteiger partial charge in [0.05, 0.1) is 18.0 Å². The number of hydrogen-bond acceptors (Lipinski definition) is 6. The van der Waals surface area contributed by atoms with Crippen LogP contribution in [-0.2, 0) is 22.7 Å². The molecule has 0 saturated heterocycles. The van der Waals surface area contributed by atoms with Gasteiger partial charge in [0, 0.05) is 11.0 Å². The van der Waals surface area contributed by atoms with Gasteiger partial charge in [0.25, 0.3) is 5.91 Å². The third kappa shape index (κ3) is 7.82. The van der Waals surface area contributed by atoms with Gasteiger partial charge in [0.2, 0.25) is 5.91 Å². The van der Waals surface area contributed by atoms with Crippen LogP contribution in [0.1, 0.15) is 54.8 Å². The van der Waals surface area contributed by atoms with Crippen LogP contribution in [0, 0.1) is 20.8 Å². The predicted octanol–water partition coefficient (Wildman–Crippen LogP) is 5.54. The van der Waals surface area contributed by atoms with Crippen molar-refractivity contribution in [3.05, 3.63) is 62.9 Å². The lowest BCUT2D eigenvalue weighted by atomic mass is 10.0. The van der Waals surface area contributed by atoms with Crippen LogP contribution >= 0.6 is 27.7 Å². The quantitative estimate of drug-likeness (QED) is 0.286. The molecule has 198 valence electrons. The number of anilines is 1. The van der Waals surface area contributed by atoms with Crippen molar-refractivity contribution in [3.8, 4) is 5.75 Å². The number of carbonyl (C=O) groups excluding carboxylic acids is 2. The molecule has 0 bridgehead atoms. The van der Waals surface area contributed by atoms with E-state index < -0.39 is 0 Å². The van der Waals surface area contributed by atoms with E-state index in [0.29, 0.717) is 23.4 Å². The van der Waals surface area contributed by atoms with Gasteiger partial charge in [-0.1, -0.05) is 37.7 Å².